The zero-order chi connectivity index (χ0) is 27.0. The number of carbonyl (C=O) groups is 2. The van der Waals surface area contributed by atoms with Crippen molar-refractivity contribution in [3.05, 3.63) is 63.1 Å². The second-order valence-electron chi connectivity index (χ2n) is 9.01. The van der Waals surface area contributed by atoms with Crippen molar-refractivity contribution in [2.75, 3.05) is 17.1 Å². The molecule has 2 aromatic carbocycles. The van der Waals surface area contributed by atoms with Crippen LogP contribution < -0.4 is 9.62 Å². The summed E-state index contributed by atoms with van der Waals surface area (Å²) in [4.78, 5) is 27.8. The lowest BCUT2D eigenvalue weighted by molar-refractivity contribution is -0.140. The van der Waals surface area contributed by atoms with Crippen molar-refractivity contribution in [3.8, 4) is 0 Å². The quantitative estimate of drug-likeness (QED) is 0.359. The van der Waals surface area contributed by atoms with E-state index in [1.165, 1.54) is 4.31 Å². The average molecular weight is 601 g/mol. The van der Waals surface area contributed by atoms with E-state index < -0.39 is 16.1 Å². The van der Waals surface area contributed by atoms with Gasteiger partial charge in [0.05, 0.1) is 11.9 Å². The minimum absolute atomic E-state index is 0.00571. The maximum Gasteiger partial charge on any atom is 0.242 e. The molecule has 0 heterocycles. The first-order valence-electron chi connectivity index (χ1n) is 11.9. The first kappa shape index (κ1) is 30.1. The molecule has 1 N–H and O–H groups in total. The van der Waals surface area contributed by atoms with Crippen LogP contribution in [0.15, 0.2) is 46.9 Å². The standard InChI is InChI=1S/C26H35BrClN3O4S/c1-6-19(3)29-26(33)20(4)30(17-21-10-12-22(27)13-11-21)25(32)8-7-15-31(36(5,34)35)24-16-23(28)14-9-18(24)2/h9-14,16,19-20H,6-8,15,17H2,1-5H3,(H,29,33)/t19-,20-/m0/s1. The minimum atomic E-state index is -3.59. The highest BCUT2D eigenvalue weighted by Crippen LogP contribution is 2.27. The van der Waals surface area contributed by atoms with E-state index in [0.29, 0.717) is 10.7 Å². The lowest BCUT2D eigenvalue weighted by Crippen LogP contribution is -2.49. The molecule has 2 aromatic rings. The van der Waals surface area contributed by atoms with E-state index in [0.717, 1.165) is 28.3 Å². The zero-order valence-electron chi connectivity index (χ0n) is 21.4. The Hall–Kier alpha value is -2.10. The van der Waals surface area contributed by atoms with Gasteiger partial charge in [-0.3, -0.25) is 13.9 Å². The van der Waals surface area contributed by atoms with Crippen LogP contribution in [0.4, 0.5) is 5.69 Å². The fourth-order valence-electron chi connectivity index (χ4n) is 3.67. The second kappa shape index (κ2) is 13.4. The summed E-state index contributed by atoms with van der Waals surface area (Å²) in [5, 5.41) is 3.38. The Morgan fingerprint density at radius 2 is 1.75 bits per heavy atom. The number of carbonyl (C=O) groups excluding carboxylic acids is 2. The molecule has 2 rings (SSSR count). The predicted octanol–water partition coefficient (Wildman–Crippen LogP) is 5.29. The Morgan fingerprint density at radius 3 is 2.33 bits per heavy atom. The number of rotatable bonds is 12. The Balaban J connectivity index is 2.20. The zero-order valence-corrected chi connectivity index (χ0v) is 24.6. The molecule has 0 aliphatic rings. The number of halogens is 2. The smallest absolute Gasteiger partial charge is 0.242 e. The molecule has 10 heteroatoms. The van der Waals surface area contributed by atoms with Crippen LogP contribution in [0, 0.1) is 6.92 Å². The van der Waals surface area contributed by atoms with Gasteiger partial charge in [0, 0.05) is 35.0 Å². The Bertz CT molecular complexity index is 1160. The highest BCUT2D eigenvalue weighted by atomic mass is 79.9. The molecule has 0 fully saturated rings. The monoisotopic (exact) mass is 599 g/mol. The summed E-state index contributed by atoms with van der Waals surface area (Å²) >= 11 is 9.53. The normalized spacial score (nSPS) is 13.1. The van der Waals surface area contributed by atoms with Crippen molar-refractivity contribution in [2.24, 2.45) is 0 Å². The van der Waals surface area contributed by atoms with Crippen molar-refractivity contribution in [3.63, 3.8) is 0 Å². The third kappa shape index (κ3) is 8.78. The van der Waals surface area contributed by atoms with Crippen LogP contribution >= 0.6 is 27.5 Å². The average Bonchev–Trinajstić information content (AvgIpc) is 2.81. The van der Waals surface area contributed by atoms with Crippen LogP contribution in [0.25, 0.3) is 0 Å². The molecule has 2 atom stereocenters. The fourth-order valence-corrected chi connectivity index (χ4v) is 5.11. The molecule has 7 nitrogen and oxygen atoms in total. The van der Waals surface area contributed by atoms with Crippen LogP contribution in [0.1, 0.15) is 51.2 Å². The second-order valence-corrected chi connectivity index (χ2v) is 12.3. The van der Waals surface area contributed by atoms with E-state index in [2.05, 4.69) is 21.2 Å². The Morgan fingerprint density at radius 1 is 1.11 bits per heavy atom. The Labute approximate surface area is 228 Å². The van der Waals surface area contributed by atoms with Gasteiger partial charge >= 0.3 is 0 Å². The van der Waals surface area contributed by atoms with Crippen LogP contribution in [0.2, 0.25) is 5.02 Å². The van der Waals surface area contributed by atoms with E-state index in [1.54, 1.807) is 30.0 Å². The summed E-state index contributed by atoms with van der Waals surface area (Å²) in [7, 11) is -3.59. The Kier molecular flexibility index (Phi) is 11.3. The van der Waals surface area contributed by atoms with Gasteiger partial charge in [-0.1, -0.05) is 52.7 Å². The molecule has 0 saturated carbocycles. The summed E-state index contributed by atoms with van der Waals surface area (Å²) in [5.74, 6) is -0.442. The molecule has 0 aliphatic heterocycles. The number of nitrogens with zero attached hydrogens (tertiary/aromatic N) is 2. The molecule has 0 aromatic heterocycles. The summed E-state index contributed by atoms with van der Waals surface area (Å²) in [5.41, 5.74) is 2.15. The van der Waals surface area contributed by atoms with Gasteiger partial charge in [-0.15, -0.1) is 0 Å². The molecule has 0 bridgehead atoms. The molecule has 0 saturated heterocycles. The third-order valence-electron chi connectivity index (χ3n) is 6.03. The van der Waals surface area contributed by atoms with E-state index in [-0.39, 0.29) is 43.8 Å². The molecular formula is C26H35BrClN3O4S. The maximum atomic E-state index is 13.4. The lowest BCUT2D eigenvalue weighted by Gasteiger charge is -2.30. The molecule has 0 radical (unpaired) electrons. The van der Waals surface area contributed by atoms with Gasteiger partial charge in [0.2, 0.25) is 21.8 Å². The van der Waals surface area contributed by atoms with E-state index >= 15 is 0 Å². The van der Waals surface area contributed by atoms with Gasteiger partial charge in [-0.05, 0) is 69.0 Å². The molecule has 0 spiro atoms. The number of hydrogen-bond acceptors (Lipinski definition) is 4. The van der Waals surface area contributed by atoms with Crippen LogP contribution in [-0.4, -0.2) is 50.0 Å². The highest BCUT2D eigenvalue weighted by Gasteiger charge is 2.27. The predicted molar refractivity (Wildman–Crippen MR) is 150 cm³/mol. The van der Waals surface area contributed by atoms with Gasteiger partial charge in [-0.25, -0.2) is 8.42 Å². The maximum absolute atomic E-state index is 13.4. The number of sulfonamides is 1. The molecule has 198 valence electrons. The molecule has 0 aliphatic carbocycles. The first-order chi connectivity index (χ1) is 16.8. The van der Waals surface area contributed by atoms with Gasteiger partial charge in [0.25, 0.3) is 0 Å². The van der Waals surface area contributed by atoms with Crippen LogP contribution in [0.5, 0.6) is 0 Å². The summed E-state index contributed by atoms with van der Waals surface area (Å²) in [6, 6.07) is 12.0. The third-order valence-corrected chi connectivity index (χ3v) is 7.97. The number of aryl methyl sites for hydroxylation is 1. The minimum Gasteiger partial charge on any atom is -0.352 e. The SMILES string of the molecule is CC[C@H](C)NC(=O)[C@H](C)N(Cc1ccc(Br)cc1)C(=O)CCCN(c1cc(Cl)ccc1C)S(C)(=O)=O. The van der Waals surface area contributed by atoms with Crippen molar-refractivity contribution >= 4 is 55.1 Å². The van der Waals surface area contributed by atoms with Gasteiger partial charge in [0.15, 0.2) is 0 Å². The van der Waals surface area contributed by atoms with Crippen molar-refractivity contribution in [2.45, 2.75) is 65.6 Å². The van der Waals surface area contributed by atoms with Crippen molar-refractivity contribution in [1.82, 2.24) is 10.2 Å². The number of anilines is 1. The van der Waals surface area contributed by atoms with Crippen LogP contribution in [0.3, 0.4) is 0 Å². The van der Waals surface area contributed by atoms with E-state index in [4.69, 9.17) is 11.6 Å². The van der Waals surface area contributed by atoms with Crippen molar-refractivity contribution < 1.29 is 18.0 Å². The molecular weight excluding hydrogens is 566 g/mol. The van der Waals surface area contributed by atoms with E-state index in [9.17, 15) is 18.0 Å². The highest BCUT2D eigenvalue weighted by molar-refractivity contribution is 9.10. The topological polar surface area (TPSA) is 86.8 Å². The van der Waals surface area contributed by atoms with Crippen molar-refractivity contribution in [1.29, 1.82) is 0 Å². The number of amides is 2. The van der Waals surface area contributed by atoms with Gasteiger partial charge < -0.3 is 10.2 Å². The van der Waals surface area contributed by atoms with Crippen LogP contribution in [-0.2, 0) is 26.2 Å². The first-order valence-corrected chi connectivity index (χ1v) is 14.9. The molecule has 36 heavy (non-hydrogen) atoms. The van der Waals surface area contributed by atoms with Gasteiger partial charge in [0.1, 0.15) is 6.04 Å². The summed E-state index contributed by atoms with van der Waals surface area (Å²) < 4.78 is 27.3. The summed E-state index contributed by atoms with van der Waals surface area (Å²) in [6.45, 7) is 7.81. The number of benzene rings is 2. The summed E-state index contributed by atoms with van der Waals surface area (Å²) in [6.07, 6.45) is 2.29. The van der Waals surface area contributed by atoms with E-state index in [1.807, 2.05) is 45.0 Å². The molecule has 2 amide bonds. The largest absolute Gasteiger partial charge is 0.352 e. The number of hydrogen-bond donors (Lipinski definition) is 1. The number of nitrogens with one attached hydrogen (secondary N) is 1. The lowest BCUT2D eigenvalue weighted by atomic mass is 10.1. The fraction of sp³-hybridized carbons (Fsp3) is 0.462. The molecule has 0 unspecified atom stereocenters. The van der Waals surface area contributed by atoms with Gasteiger partial charge in [-0.2, -0.15) is 0 Å².